The van der Waals surface area contributed by atoms with Crippen molar-refractivity contribution >= 4 is 0 Å². The van der Waals surface area contributed by atoms with Crippen molar-refractivity contribution in [3.63, 3.8) is 0 Å². The topological polar surface area (TPSA) is 29.0 Å². The fourth-order valence-electron chi connectivity index (χ4n) is 6.80. The van der Waals surface area contributed by atoms with Gasteiger partial charge in [-0.25, -0.2) is 14.4 Å². The van der Waals surface area contributed by atoms with Crippen LogP contribution in [0.25, 0.3) is 0 Å². The van der Waals surface area contributed by atoms with E-state index in [4.69, 9.17) is 0 Å². The molecule has 1 aliphatic heterocycles. The highest BCUT2D eigenvalue weighted by atomic mass is 19.1. The second kappa shape index (κ2) is 11.4. The first-order chi connectivity index (χ1) is 18.2. The Kier molecular flexibility index (Phi) is 7.64. The molecule has 1 aromatic heterocycles. The smallest absolute Gasteiger partial charge is 0.135 e. The molecule has 3 aliphatic rings. The van der Waals surface area contributed by atoms with Gasteiger partial charge in [-0.15, -0.1) is 0 Å². The van der Waals surface area contributed by atoms with Crippen LogP contribution in [-0.2, 0) is 19.3 Å². The molecule has 2 unspecified atom stereocenters. The van der Waals surface area contributed by atoms with Crippen molar-refractivity contribution in [2.24, 2.45) is 17.8 Å². The summed E-state index contributed by atoms with van der Waals surface area (Å²) in [5.41, 5.74) is 5.82. The summed E-state index contributed by atoms with van der Waals surface area (Å²) < 4.78 is 13.1. The molecule has 1 saturated heterocycles. The monoisotopic (exact) mass is 499 g/mol. The van der Waals surface area contributed by atoms with Crippen LogP contribution in [0.15, 0.2) is 60.9 Å². The number of fused-ring (bicyclic) bond motifs is 1. The van der Waals surface area contributed by atoms with E-state index in [0.29, 0.717) is 11.8 Å². The van der Waals surface area contributed by atoms with Crippen molar-refractivity contribution in [1.82, 2.24) is 14.9 Å². The number of aromatic nitrogens is 2. The zero-order chi connectivity index (χ0) is 25.0. The zero-order valence-electron chi connectivity index (χ0n) is 22.0. The first kappa shape index (κ1) is 24.7. The maximum atomic E-state index is 13.1. The minimum Gasteiger partial charge on any atom is -0.303 e. The molecular weight excluding hydrogens is 457 g/mol. The lowest BCUT2D eigenvalue weighted by molar-refractivity contribution is 0.165. The quantitative estimate of drug-likeness (QED) is 0.306. The van der Waals surface area contributed by atoms with Gasteiger partial charge in [0.05, 0.1) is 0 Å². The number of nitrogens with zero attached hydrogens (tertiary/aromatic N) is 3. The first-order valence-corrected chi connectivity index (χ1v) is 14.6. The van der Waals surface area contributed by atoms with Gasteiger partial charge in [0.2, 0.25) is 0 Å². The maximum Gasteiger partial charge on any atom is 0.135 e. The van der Waals surface area contributed by atoms with Crippen LogP contribution in [0.1, 0.15) is 80.4 Å². The van der Waals surface area contributed by atoms with Crippen LogP contribution in [0, 0.1) is 23.6 Å². The van der Waals surface area contributed by atoms with E-state index in [9.17, 15) is 4.39 Å². The molecule has 0 amide bonds. The van der Waals surface area contributed by atoms with Crippen LogP contribution in [0.3, 0.4) is 0 Å². The molecule has 3 aromatic rings. The Morgan fingerprint density at radius 1 is 0.838 bits per heavy atom. The largest absolute Gasteiger partial charge is 0.303 e. The van der Waals surface area contributed by atoms with Gasteiger partial charge in [0.15, 0.2) is 0 Å². The van der Waals surface area contributed by atoms with Crippen LogP contribution < -0.4 is 0 Å². The van der Waals surface area contributed by atoms with Gasteiger partial charge in [-0.1, -0.05) is 30.3 Å². The van der Waals surface area contributed by atoms with Crippen LogP contribution in [0.4, 0.5) is 4.39 Å². The summed E-state index contributed by atoms with van der Waals surface area (Å²) in [6, 6.07) is 16.2. The van der Waals surface area contributed by atoms with Gasteiger partial charge in [-0.3, -0.25) is 0 Å². The fourth-order valence-corrected chi connectivity index (χ4v) is 6.80. The molecule has 2 fully saturated rings. The summed E-state index contributed by atoms with van der Waals surface area (Å²) in [5.74, 6) is 3.65. The molecule has 4 heteroatoms. The molecule has 0 N–H and O–H groups in total. The fraction of sp³-hybridized carbons (Fsp3) is 0.515. The van der Waals surface area contributed by atoms with Gasteiger partial charge in [-0.2, -0.15) is 0 Å². The Labute approximate surface area is 223 Å². The highest BCUT2D eigenvalue weighted by molar-refractivity contribution is 5.38. The van der Waals surface area contributed by atoms with Crippen molar-refractivity contribution in [2.45, 2.75) is 70.1 Å². The second-order valence-corrected chi connectivity index (χ2v) is 11.8. The van der Waals surface area contributed by atoms with Crippen LogP contribution in [-0.4, -0.2) is 34.5 Å². The predicted octanol–water partition coefficient (Wildman–Crippen LogP) is 7.24. The Balaban J connectivity index is 0.00000294. The van der Waals surface area contributed by atoms with Crippen molar-refractivity contribution in [3.05, 3.63) is 94.8 Å². The molecule has 6 rings (SSSR count). The summed E-state index contributed by atoms with van der Waals surface area (Å²) in [5, 5.41) is 0. The summed E-state index contributed by atoms with van der Waals surface area (Å²) in [6.07, 6.45) is 16.6. The summed E-state index contributed by atoms with van der Waals surface area (Å²) >= 11 is 0. The normalized spacial score (nSPS) is 21.8. The van der Waals surface area contributed by atoms with Crippen molar-refractivity contribution < 1.29 is 5.82 Å². The molecular formula is C33H42FN3. The number of hydrogen-bond donors (Lipinski definition) is 0. The number of piperidine rings is 1. The minimum atomic E-state index is -0.143. The van der Waals surface area contributed by atoms with Crippen molar-refractivity contribution in [2.75, 3.05) is 19.6 Å². The van der Waals surface area contributed by atoms with Gasteiger partial charge in [0, 0.05) is 26.3 Å². The lowest BCUT2D eigenvalue weighted by Gasteiger charge is -2.33. The van der Waals surface area contributed by atoms with Gasteiger partial charge in [0.1, 0.15) is 11.6 Å². The zero-order valence-corrected chi connectivity index (χ0v) is 22.0. The Bertz CT molecular complexity index is 1160. The molecule has 37 heavy (non-hydrogen) atoms. The van der Waals surface area contributed by atoms with Gasteiger partial charge < -0.3 is 4.90 Å². The maximum absolute atomic E-state index is 13.1. The summed E-state index contributed by atoms with van der Waals surface area (Å²) in [4.78, 5) is 11.9. The standard InChI is InChI=1S/C33H40FN3.H2/c34-31-12-4-24(5-13-31)14-19-37-20-15-26(16-21-37)22-25-2-6-27-8-11-30(23-29(27)7-3-25)32(28-9-10-28)33-35-17-1-18-36-33;/h1,4-5,8,11-13,17-18,23,25-26,28,32H,2-3,6-7,9-10,14-16,19-22H2;1H. The van der Waals surface area contributed by atoms with E-state index in [-0.39, 0.29) is 7.24 Å². The van der Waals surface area contributed by atoms with E-state index in [1.165, 1.54) is 82.0 Å². The Morgan fingerprint density at radius 2 is 1.54 bits per heavy atom. The number of hydrogen-bond acceptors (Lipinski definition) is 3. The van der Waals surface area contributed by atoms with Crippen molar-refractivity contribution in [1.29, 1.82) is 0 Å². The molecule has 2 aliphatic carbocycles. The van der Waals surface area contributed by atoms with E-state index >= 15 is 0 Å². The highest BCUT2D eigenvalue weighted by Gasteiger charge is 2.35. The van der Waals surface area contributed by atoms with E-state index in [1.807, 2.05) is 30.6 Å². The second-order valence-electron chi connectivity index (χ2n) is 11.8. The van der Waals surface area contributed by atoms with E-state index < -0.39 is 0 Å². The Morgan fingerprint density at radius 3 is 2.27 bits per heavy atom. The molecule has 0 bridgehead atoms. The number of halogens is 1. The molecule has 0 radical (unpaired) electrons. The predicted molar refractivity (Wildman–Crippen MR) is 149 cm³/mol. The first-order valence-electron chi connectivity index (χ1n) is 14.6. The highest BCUT2D eigenvalue weighted by Crippen LogP contribution is 2.46. The van der Waals surface area contributed by atoms with Crippen molar-refractivity contribution in [3.8, 4) is 0 Å². The molecule has 3 nitrogen and oxygen atoms in total. The average Bonchev–Trinajstić information content (AvgIpc) is 3.78. The third kappa shape index (κ3) is 6.29. The molecule has 1 saturated carbocycles. The summed E-state index contributed by atoms with van der Waals surface area (Å²) in [7, 11) is 0. The average molecular weight is 500 g/mol. The van der Waals surface area contributed by atoms with E-state index in [2.05, 4.69) is 33.1 Å². The van der Waals surface area contributed by atoms with Gasteiger partial charge >= 0.3 is 0 Å². The van der Waals surface area contributed by atoms with E-state index in [1.54, 1.807) is 23.3 Å². The molecule has 2 atom stereocenters. The Hall–Kier alpha value is -2.59. The molecule has 2 heterocycles. The molecule has 196 valence electrons. The van der Waals surface area contributed by atoms with Crippen LogP contribution in [0.5, 0.6) is 0 Å². The number of aryl methyl sites for hydroxylation is 2. The van der Waals surface area contributed by atoms with Crippen LogP contribution >= 0.6 is 0 Å². The third-order valence-electron chi connectivity index (χ3n) is 9.19. The van der Waals surface area contributed by atoms with Crippen LogP contribution in [0.2, 0.25) is 0 Å². The summed E-state index contributed by atoms with van der Waals surface area (Å²) in [6.45, 7) is 3.52. The van der Waals surface area contributed by atoms with E-state index in [0.717, 1.165) is 30.6 Å². The third-order valence-corrected chi connectivity index (χ3v) is 9.19. The molecule has 0 spiro atoms. The lowest BCUT2D eigenvalue weighted by atomic mass is 9.83. The lowest BCUT2D eigenvalue weighted by Crippen LogP contribution is -2.35. The number of likely N-dealkylation sites (tertiary alicyclic amines) is 1. The number of benzene rings is 2. The van der Waals surface area contributed by atoms with Gasteiger partial charge in [-0.05, 0) is 136 Å². The number of rotatable bonds is 8. The SMILES string of the molecule is Fc1ccc(CCN2CCC(CC3CCc4ccc(C(c5ncccn5)C5CC5)cc4CC3)CC2)cc1.[HH]. The molecule has 2 aromatic carbocycles. The van der Waals surface area contributed by atoms with Gasteiger partial charge in [0.25, 0.3) is 0 Å². The minimum absolute atomic E-state index is 0.